The molecule has 1 aromatic heterocycles. The molecule has 2 rings (SSSR count). The van der Waals surface area contributed by atoms with Crippen molar-refractivity contribution in [3.05, 3.63) is 5.69 Å². The van der Waals surface area contributed by atoms with E-state index in [1.54, 1.807) is 0 Å². The molecule has 2 heterocycles. The molecule has 1 aliphatic heterocycles. The number of hydrogen-bond acceptors (Lipinski definition) is 4. The van der Waals surface area contributed by atoms with Crippen molar-refractivity contribution in [3.63, 3.8) is 0 Å². The van der Waals surface area contributed by atoms with E-state index in [9.17, 15) is 0 Å². The quantitative estimate of drug-likeness (QED) is 0.691. The highest BCUT2D eigenvalue weighted by molar-refractivity contribution is 5.31. The van der Waals surface area contributed by atoms with Crippen molar-refractivity contribution in [2.45, 2.75) is 25.8 Å². The molecule has 72 valence electrons. The number of piperidine rings is 1. The summed E-state index contributed by atoms with van der Waals surface area (Å²) in [6.07, 6.45) is 3.93. The monoisotopic (exact) mass is 181 g/mol. The highest BCUT2D eigenvalue weighted by Gasteiger charge is 2.13. The van der Waals surface area contributed by atoms with Crippen LogP contribution in [-0.4, -0.2) is 33.4 Å². The van der Waals surface area contributed by atoms with Gasteiger partial charge in [0, 0.05) is 6.54 Å². The maximum atomic E-state index is 5.63. The minimum Gasteiger partial charge on any atom is -0.381 e. The first kappa shape index (κ1) is 8.50. The number of nitrogens with two attached hydrogens (primary N) is 1. The van der Waals surface area contributed by atoms with E-state index >= 15 is 0 Å². The van der Waals surface area contributed by atoms with Gasteiger partial charge in [-0.15, -0.1) is 5.10 Å². The van der Waals surface area contributed by atoms with Crippen LogP contribution in [0.25, 0.3) is 0 Å². The van der Waals surface area contributed by atoms with Crippen LogP contribution in [0.5, 0.6) is 0 Å². The van der Waals surface area contributed by atoms with Gasteiger partial charge in [0.25, 0.3) is 0 Å². The average Bonchev–Trinajstić information content (AvgIpc) is 2.54. The summed E-state index contributed by atoms with van der Waals surface area (Å²) >= 11 is 0. The van der Waals surface area contributed by atoms with Crippen molar-refractivity contribution < 1.29 is 0 Å². The number of nitrogen functional groups attached to an aromatic ring is 1. The molecule has 0 amide bonds. The standard InChI is InChI=1S/C8H15N5/c9-8-7(10-12-11-8)6-13-4-2-1-3-5-13/h1-6H2,(H3,9,10,11,12). The number of aromatic nitrogens is 3. The Labute approximate surface area is 77.3 Å². The summed E-state index contributed by atoms with van der Waals surface area (Å²) in [5.41, 5.74) is 6.50. The van der Waals surface area contributed by atoms with Gasteiger partial charge in [0.15, 0.2) is 5.82 Å². The van der Waals surface area contributed by atoms with E-state index in [4.69, 9.17) is 5.73 Å². The first-order valence-corrected chi connectivity index (χ1v) is 4.74. The van der Waals surface area contributed by atoms with Crippen LogP contribution in [0.15, 0.2) is 0 Å². The zero-order chi connectivity index (χ0) is 9.10. The summed E-state index contributed by atoms with van der Waals surface area (Å²) in [6.45, 7) is 3.15. The van der Waals surface area contributed by atoms with E-state index in [2.05, 4.69) is 20.3 Å². The molecule has 0 saturated carbocycles. The highest BCUT2D eigenvalue weighted by atomic mass is 15.4. The maximum absolute atomic E-state index is 5.63. The Morgan fingerprint density at radius 2 is 2.00 bits per heavy atom. The fourth-order valence-corrected chi connectivity index (χ4v) is 1.71. The lowest BCUT2D eigenvalue weighted by Gasteiger charge is -2.25. The number of nitrogens with zero attached hydrogens (tertiary/aromatic N) is 3. The van der Waals surface area contributed by atoms with Crippen LogP contribution in [0.2, 0.25) is 0 Å². The van der Waals surface area contributed by atoms with Crippen molar-refractivity contribution in [3.8, 4) is 0 Å². The number of aromatic amines is 1. The molecule has 0 aromatic carbocycles. The summed E-state index contributed by atoms with van der Waals surface area (Å²) in [5, 5.41) is 10.3. The molecule has 1 fully saturated rings. The van der Waals surface area contributed by atoms with Crippen molar-refractivity contribution in [2.75, 3.05) is 18.8 Å². The van der Waals surface area contributed by atoms with Crippen LogP contribution in [0, 0.1) is 0 Å². The average molecular weight is 181 g/mol. The molecule has 0 aliphatic carbocycles. The van der Waals surface area contributed by atoms with Gasteiger partial charge in [-0.3, -0.25) is 4.90 Å². The third-order valence-electron chi connectivity index (χ3n) is 2.47. The van der Waals surface area contributed by atoms with Gasteiger partial charge < -0.3 is 5.73 Å². The van der Waals surface area contributed by atoms with E-state index in [1.807, 2.05) is 0 Å². The third-order valence-corrected chi connectivity index (χ3v) is 2.47. The molecule has 0 unspecified atom stereocenters. The lowest BCUT2D eigenvalue weighted by molar-refractivity contribution is 0.219. The smallest absolute Gasteiger partial charge is 0.170 e. The molecule has 5 nitrogen and oxygen atoms in total. The second-order valence-corrected chi connectivity index (χ2v) is 3.49. The van der Waals surface area contributed by atoms with Crippen molar-refractivity contribution in [1.82, 2.24) is 20.3 Å². The Kier molecular flexibility index (Phi) is 2.44. The predicted octanol–water partition coefficient (Wildman–Crippen LogP) is 0.373. The summed E-state index contributed by atoms with van der Waals surface area (Å²) in [7, 11) is 0. The fourth-order valence-electron chi connectivity index (χ4n) is 1.71. The van der Waals surface area contributed by atoms with E-state index in [0.717, 1.165) is 25.3 Å². The molecular formula is C8H15N5. The second kappa shape index (κ2) is 3.74. The molecule has 0 radical (unpaired) electrons. The molecule has 1 aliphatic rings. The van der Waals surface area contributed by atoms with Crippen LogP contribution >= 0.6 is 0 Å². The first-order valence-electron chi connectivity index (χ1n) is 4.74. The maximum Gasteiger partial charge on any atom is 0.170 e. The predicted molar refractivity (Wildman–Crippen MR) is 49.9 cm³/mol. The Hall–Kier alpha value is -1.10. The minimum atomic E-state index is 0.533. The minimum absolute atomic E-state index is 0.533. The van der Waals surface area contributed by atoms with E-state index in [-0.39, 0.29) is 0 Å². The molecular weight excluding hydrogens is 166 g/mol. The summed E-state index contributed by atoms with van der Waals surface area (Å²) in [4.78, 5) is 2.37. The number of H-pyrrole nitrogens is 1. The Bertz CT molecular complexity index is 263. The van der Waals surface area contributed by atoms with E-state index in [0.29, 0.717) is 5.82 Å². The van der Waals surface area contributed by atoms with E-state index in [1.165, 1.54) is 19.3 Å². The first-order chi connectivity index (χ1) is 6.36. The molecule has 5 heteroatoms. The van der Waals surface area contributed by atoms with Crippen LogP contribution in [0.3, 0.4) is 0 Å². The molecule has 1 saturated heterocycles. The zero-order valence-corrected chi connectivity index (χ0v) is 7.66. The van der Waals surface area contributed by atoms with Crippen molar-refractivity contribution in [2.24, 2.45) is 0 Å². The molecule has 3 N–H and O–H groups in total. The molecule has 0 spiro atoms. The van der Waals surface area contributed by atoms with Gasteiger partial charge in [0.2, 0.25) is 0 Å². The lowest BCUT2D eigenvalue weighted by Crippen LogP contribution is -2.29. The SMILES string of the molecule is Nc1n[nH]nc1CN1CCCCC1. The van der Waals surface area contributed by atoms with Crippen LogP contribution < -0.4 is 5.73 Å². The van der Waals surface area contributed by atoms with Gasteiger partial charge >= 0.3 is 0 Å². The van der Waals surface area contributed by atoms with Gasteiger partial charge in [0.1, 0.15) is 5.69 Å². The molecule has 0 bridgehead atoms. The van der Waals surface area contributed by atoms with Crippen LogP contribution in [0.1, 0.15) is 25.0 Å². The number of hydrogen-bond donors (Lipinski definition) is 2. The number of anilines is 1. The highest BCUT2D eigenvalue weighted by Crippen LogP contribution is 2.13. The number of nitrogens with one attached hydrogen (secondary N) is 1. The Balaban J connectivity index is 1.93. The van der Waals surface area contributed by atoms with Gasteiger partial charge in [0.05, 0.1) is 0 Å². The van der Waals surface area contributed by atoms with Gasteiger partial charge in [-0.25, -0.2) is 0 Å². The van der Waals surface area contributed by atoms with E-state index < -0.39 is 0 Å². The zero-order valence-electron chi connectivity index (χ0n) is 7.66. The van der Waals surface area contributed by atoms with Crippen LogP contribution in [-0.2, 0) is 6.54 Å². The van der Waals surface area contributed by atoms with Gasteiger partial charge in [-0.1, -0.05) is 6.42 Å². The largest absolute Gasteiger partial charge is 0.381 e. The number of likely N-dealkylation sites (tertiary alicyclic amines) is 1. The molecule has 13 heavy (non-hydrogen) atoms. The summed E-state index contributed by atoms with van der Waals surface area (Å²) < 4.78 is 0. The molecule has 0 atom stereocenters. The number of rotatable bonds is 2. The Morgan fingerprint density at radius 1 is 1.23 bits per heavy atom. The second-order valence-electron chi connectivity index (χ2n) is 3.49. The van der Waals surface area contributed by atoms with Crippen LogP contribution in [0.4, 0.5) is 5.82 Å². The summed E-state index contributed by atoms with van der Waals surface area (Å²) in [6, 6.07) is 0. The topological polar surface area (TPSA) is 70.8 Å². The Morgan fingerprint density at radius 3 is 2.62 bits per heavy atom. The third kappa shape index (κ3) is 1.98. The van der Waals surface area contributed by atoms with Gasteiger partial charge in [-0.05, 0) is 25.9 Å². The van der Waals surface area contributed by atoms with Gasteiger partial charge in [-0.2, -0.15) is 10.3 Å². The summed E-state index contributed by atoms with van der Waals surface area (Å²) in [5.74, 6) is 0.533. The fraction of sp³-hybridized carbons (Fsp3) is 0.750. The van der Waals surface area contributed by atoms with Crippen molar-refractivity contribution >= 4 is 5.82 Å². The lowest BCUT2D eigenvalue weighted by atomic mass is 10.1. The van der Waals surface area contributed by atoms with Crippen molar-refractivity contribution in [1.29, 1.82) is 0 Å². The normalized spacial score (nSPS) is 19.1. The molecule has 1 aromatic rings.